The van der Waals surface area contributed by atoms with E-state index in [-0.39, 0.29) is 0 Å². The molecule has 2 rings (SSSR count). The molecule has 2 aromatic rings. The minimum atomic E-state index is 0.536. The van der Waals surface area contributed by atoms with Crippen LogP contribution in [0.1, 0.15) is 5.56 Å². The van der Waals surface area contributed by atoms with Crippen molar-refractivity contribution in [2.75, 3.05) is 5.73 Å². The Morgan fingerprint density at radius 2 is 2.27 bits per heavy atom. The molecule has 0 bridgehead atoms. The summed E-state index contributed by atoms with van der Waals surface area (Å²) in [5.41, 5.74) is 7.51. The quantitative estimate of drug-likeness (QED) is 0.582. The van der Waals surface area contributed by atoms with E-state index in [1.54, 1.807) is 0 Å². The van der Waals surface area contributed by atoms with Gasteiger partial charge in [-0.25, -0.2) is 9.97 Å². The molecule has 4 nitrogen and oxygen atoms in total. The largest absolute Gasteiger partial charge is 0.383 e. The van der Waals surface area contributed by atoms with Gasteiger partial charge in [-0.15, -0.1) is 0 Å². The number of nitrogens with two attached hydrogens (primary N) is 1. The molecule has 3 N–H and O–H groups in total. The van der Waals surface area contributed by atoms with Crippen molar-refractivity contribution >= 4 is 16.9 Å². The number of nitrogens with zero attached hydrogens (tertiary/aromatic N) is 2. The van der Waals surface area contributed by atoms with Crippen LogP contribution in [0.15, 0.2) is 12.5 Å². The van der Waals surface area contributed by atoms with Crippen molar-refractivity contribution < 1.29 is 0 Å². The van der Waals surface area contributed by atoms with Crippen LogP contribution in [0.3, 0.4) is 0 Å². The molecule has 0 amide bonds. The van der Waals surface area contributed by atoms with E-state index in [1.807, 2.05) is 13.1 Å². The first-order valence-corrected chi connectivity index (χ1v) is 3.33. The summed E-state index contributed by atoms with van der Waals surface area (Å²) >= 11 is 0. The maximum Gasteiger partial charge on any atom is 0.143 e. The molecular formula is C7H8N4. The Labute approximate surface area is 63.5 Å². The number of aromatic nitrogens is 3. The third kappa shape index (κ3) is 0.756. The maximum atomic E-state index is 5.63. The van der Waals surface area contributed by atoms with Gasteiger partial charge in [0.05, 0.1) is 5.39 Å². The zero-order valence-electron chi connectivity index (χ0n) is 6.13. The van der Waals surface area contributed by atoms with Gasteiger partial charge >= 0.3 is 0 Å². The molecular weight excluding hydrogens is 140 g/mol. The third-order valence-corrected chi connectivity index (χ3v) is 1.70. The number of hydrogen-bond donors (Lipinski definition) is 2. The minimum Gasteiger partial charge on any atom is -0.383 e. The summed E-state index contributed by atoms with van der Waals surface area (Å²) in [6.07, 6.45) is 3.32. The van der Waals surface area contributed by atoms with Gasteiger partial charge in [0.25, 0.3) is 0 Å². The summed E-state index contributed by atoms with van der Waals surface area (Å²) < 4.78 is 0. The van der Waals surface area contributed by atoms with E-state index < -0.39 is 0 Å². The van der Waals surface area contributed by atoms with Gasteiger partial charge in [-0.2, -0.15) is 0 Å². The molecule has 11 heavy (non-hydrogen) atoms. The van der Waals surface area contributed by atoms with Crippen molar-refractivity contribution in [1.29, 1.82) is 0 Å². The highest BCUT2D eigenvalue weighted by Gasteiger charge is 2.03. The second-order valence-corrected chi connectivity index (χ2v) is 2.45. The Hall–Kier alpha value is -1.58. The molecule has 0 fully saturated rings. The van der Waals surface area contributed by atoms with E-state index >= 15 is 0 Å². The molecule has 0 aromatic carbocycles. The lowest BCUT2D eigenvalue weighted by molar-refractivity contribution is 1.21. The summed E-state index contributed by atoms with van der Waals surface area (Å²) in [6, 6.07) is 0. The van der Waals surface area contributed by atoms with Crippen LogP contribution in [0.2, 0.25) is 0 Å². The van der Waals surface area contributed by atoms with E-state index in [0.717, 1.165) is 16.6 Å². The van der Waals surface area contributed by atoms with Crippen LogP contribution in [-0.2, 0) is 0 Å². The summed E-state index contributed by atoms with van der Waals surface area (Å²) in [6.45, 7) is 1.97. The van der Waals surface area contributed by atoms with Crippen molar-refractivity contribution in [1.82, 2.24) is 15.0 Å². The zero-order valence-corrected chi connectivity index (χ0v) is 6.13. The Bertz CT molecular complexity index is 390. The molecule has 56 valence electrons. The number of anilines is 1. The number of fused-ring (bicyclic) bond motifs is 1. The number of nitrogens with one attached hydrogen (secondary N) is 1. The molecule has 0 saturated heterocycles. The number of hydrogen-bond acceptors (Lipinski definition) is 3. The van der Waals surface area contributed by atoms with E-state index in [0.29, 0.717) is 5.82 Å². The molecule has 0 unspecified atom stereocenters. The Balaban J connectivity index is 2.96. The van der Waals surface area contributed by atoms with Crippen LogP contribution in [0.25, 0.3) is 11.0 Å². The molecule has 0 aliphatic carbocycles. The average Bonchev–Trinajstić information content (AvgIpc) is 2.34. The first kappa shape index (κ1) is 6.15. The van der Waals surface area contributed by atoms with E-state index in [2.05, 4.69) is 15.0 Å². The lowest BCUT2D eigenvalue weighted by Gasteiger charge is -1.93. The standard InChI is InChI=1S/C7H8N4/c1-4-2-9-7-5(4)6(8)10-3-11-7/h2-3H,1H3,(H3,8,9,10,11). The fourth-order valence-electron chi connectivity index (χ4n) is 1.15. The van der Waals surface area contributed by atoms with E-state index in [1.165, 1.54) is 6.33 Å². The van der Waals surface area contributed by atoms with Gasteiger partial charge in [0.1, 0.15) is 17.8 Å². The zero-order chi connectivity index (χ0) is 7.84. The van der Waals surface area contributed by atoms with Crippen LogP contribution >= 0.6 is 0 Å². The van der Waals surface area contributed by atoms with E-state index in [9.17, 15) is 0 Å². The lowest BCUT2D eigenvalue weighted by Crippen LogP contribution is -1.91. The van der Waals surface area contributed by atoms with Crippen LogP contribution in [-0.4, -0.2) is 15.0 Å². The van der Waals surface area contributed by atoms with E-state index in [4.69, 9.17) is 5.73 Å². The van der Waals surface area contributed by atoms with Gasteiger partial charge in [0.15, 0.2) is 0 Å². The third-order valence-electron chi connectivity index (χ3n) is 1.70. The van der Waals surface area contributed by atoms with Crippen LogP contribution in [0.5, 0.6) is 0 Å². The molecule has 0 spiro atoms. The first-order chi connectivity index (χ1) is 5.29. The SMILES string of the molecule is Cc1c[nH]c2ncnc(N)c12. The van der Waals surface area contributed by atoms with Crippen LogP contribution in [0.4, 0.5) is 5.82 Å². The Kier molecular flexibility index (Phi) is 1.09. The predicted octanol–water partition coefficient (Wildman–Crippen LogP) is 0.849. The molecule has 0 aliphatic heterocycles. The molecule has 2 heterocycles. The molecule has 0 saturated carbocycles. The average molecular weight is 148 g/mol. The summed E-state index contributed by atoms with van der Waals surface area (Å²) in [5.74, 6) is 0.536. The van der Waals surface area contributed by atoms with Crippen molar-refractivity contribution in [3.05, 3.63) is 18.1 Å². The smallest absolute Gasteiger partial charge is 0.143 e. The van der Waals surface area contributed by atoms with Gasteiger partial charge in [0.2, 0.25) is 0 Å². The Morgan fingerprint density at radius 3 is 3.00 bits per heavy atom. The van der Waals surface area contributed by atoms with Crippen molar-refractivity contribution in [2.45, 2.75) is 6.92 Å². The number of nitrogen functional groups attached to an aromatic ring is 1. The van der Waals surface area contributed by atoms with Crippen molar-refractivity contribution in [2.24, 2.45) is 0 Å². The van der Waals surface area contributed by atoms with Gasteiger partial charge in [-0.3, -0.25) is 0 Å². The van der Waals surface area contributed by atoms with Gasteiger partial charge in [0, 0.05) is 6.20 Å². The predicted molar refractivity (Wildman–Crippen MR) is 43.0 cm³/mol. The molecule has 0 radical (unpaired) electrons. The number of rotatable bonds is 0. The summed E-state index contributed by atoms with van der Waals surface area (Å²) in [5, 5.41) is 0.924. The fourth-order valence-corrected chi connectivity index (χ4v) is 1.15. The van der Waals surface area contributed by atoms with Gasteiger partial charge in [-0.05, 0) is 12.5 Å². The number of aryl methyl sites for hydroxylation is 1. The first-order valence-electron chi connectivity index (χ1n) is 3.33. The van der Waals surface area contributed by atoms with Crippen molar-refractivity contribution in [3.63, 3.8) is 0 Å². The van der Waals surface area contributed by atoms with Crippen LogP contribution in [0, 0.1) is 6.92 Å². The second-order valence-electron chi connectivity index (χ2n) is 2.45. The summed E-state index contributed by atoms with van der Waals surface area (Å²) in [4.78, 5) is 10.9. The highest BCUT2D eigenvalue weighted by Crippen LogP contribution is 2.18. The summed E-state index contributed by atoms with van der Waals surface area (Å²) in [7, 11) is 0. The number of H-pyrrole nitrogens is 1. The van der Waals surface area contributed by atoms with Crippen molar-refractivity contribution in [3.8, 4) is 0 Å². The molecule has 2 aromatic heterocycles. The number of aromatic amines is 1. The highest BCUT2D eigenvalue weighted by molar-refractivity contribution is 5.88. The highest BCUT2D eigenvalue weighted by atomic mass is 15.0. The maximum absolute atomic E-state index is 5.63. The molecule has 0 aliphatic rings. The molecule has 0 atom stereocenters. The fraction of sp³-hybridized carbons (Fsp3) is 0.143. The van der Waals surface area contributed by atoms with Gasteiger partial charge < -0.3 is 10.7 Å². The van der Waals surface area contributed by atoms with Crippen LogP contribution < -0.4 is 5.73 Å². The molecule has 4 heteroatoms. The second kappa shape index (κ2) is 1.95. The normalized spacial score (nSPS) is 10.6. The minimum absolute atomic E-state index is 0.536. The monoisotopic (exact) mass is 148 g/mol. The lowest BCUT2D eigenvalue weighted by atomic mass is 10.2. The van der Waals surface area contributed by atoms with Gasteiger partial charge in [-0.1, -0.05) is 0 Å². The Morgan fingerprint density at radius 1 is 1.45 bits per heavy atom. The topological polar surface area (TPSA) is 67.6 Å².